The standard InChI is InChI=1S/C24H18F3N3O2/c25-19-8-9-22(21(27)13-19)32-15-16-4-3-6-17(12-16)24(31)28-23-10-11-30(29-23)14-18-5-1-2-7-20(18)26/h1-13H,14-15H2,(H,28,29,31). The third kappa shape index (κ3) is 5.15. The molecule has 0 atom stereocenters. The summed E-state index contributed by atoms with van der Waals surface area (Å²) in [5.41, 5.74) is 1.47. The Bertz CT molecular complexity index is 1260. The number of carbonyl (C=O) groups is 1. The van der Waals surface area contributed by atoms with Gasteiger partial charge in [0, 0.05) is 29.5 Å². The van der Waals surface area contributed by atoms with E-state index < -0.39 is 17.5 Å². The van der Waals surface area contributed by atoms with Crippen LogP contribution in [0.15, 0.2) is 79.0 Å². The van der Waals surface area contributed by atoms with Gasteiger partial charge < -0.3 is 10.1 Å². The summed E-state index contributed by atoms with van der Waals surface area (Å²) in [5, 5.41) is 6.94. The molecule has 0 spiro atoms. The van der Waals surface area contributed by atoms with Crippen molar-refractivity contribution in [2.24, 2.45) is 0 Å². The predicted octanol–water partition coefficient (Wildman–Crippen LogP) is 5.18. The Balaban J connectivity index is 1.39. The number of carbonyl (C=O) groups excluding carboxylic acids is 1. The van der Waals surface area contributed by atoms with Gasteiger partial charge in [-0.15, -0.1) is 0 Å². The fourth-order valence-electron chi connectivity index (χ4n) is 3.06. The van der Waals surface area contributed by atoms with Crippen molar-refractivity contribution in [3.63, 3.8) is 0 Å². The van der Waals surface area contributed by atoms with Crippen molar-refractivity contribution in [3.8, 4) is 5.75 Å². The Hall–Kier alpha value is -4.07. The summed E-state index contributed by atoms with van der Waals surface area (Å²) in [4.78, 5) is 12.6. The average molecular weight is 437 g/mol. The SMILES string of the molecule is O=C(Nc1ccn(Cc2ccccc2F)n1)c1cccc(COc2ccc(F)cc2F)c1. The Kier molecular flexibility index (Phi) is 6.21. The van der Waals surface area contributed by atoms with Gasteiger partial charge >= 0.3 is 0 Å². The van der Waals surface area contributed by atoms with Crippen LogP contribution in [0.4, 0.5) is 19.0 Å². The maximum Gasteiger partial charge on any atom is 0.256 e. The summed E-state index contributed by atoms with van der Waals surface area (Å²) in [6.07, 6.45) is 1.64. The van der Waals surface area contributed by atoms with Crippen LogP contribution in [0, 0.1) is 17.5 Å². The molecule has 4 rings (SSSR count). The van der Waals surface area contributed by atoms with E-state index >= 15 is 0 Å². The topological polar surface area (TPSA) is 56.2 Å². The highest BCUT2D eigenvalue weighted by Gasteiger charge is 2.11. The third-order valence-electron chi connectivity index (χ3n) is 4.65. The number of amides is 1. The highest BCUT2D eigenvalue weighted by molar-refractivity contribution is 6.03. The molecule has 162 valence electrons. The number of hydrogen-bond donors (Lipinski definition) is 1. The smallest absolute Gasteiger partial charge is 0.256 e. The first kappa shape index (κ1) is 21.2. The van der Waals surface area contributed by atoms with Crippen LogP contribution in [0.3, 0.4) is 0 Å². The monoisotopic (exact) mass is 437 g/mol. The summed E-state index contributed by atoms with van der Waals surface area (Å²) >= 11 is 0. The average Bonchev–Trinajstić information content (AvgIpc) is 3.21. The van der Waals surface area contributed by atoms with Crippen molar-refractivity contribution in [2.45, 2.75) is 13.2 Å². The molecule has 0 unspecified atom stereocenters. The van der Waals surface area contributed by atoms with Crippen LogP contribution in [0.25, 0.3) is 0 Å². The second-order valence-electron chi connectivity index (χ2n) is 7.01. The molecular weight excluding hydrogens is 419 g/mol. The summed E-state index contributed by atoms with van der Waals surface area (Å²) in [7, 11) is 0. The van der Waals surface area contributed by atoms with Crippen molar-refractivity contribution in [1.29, 1.82) is 0 Å². The molecule has 3 aromatic carbocycles. The van der Waals surface area contributed by atoms with Gasteiger partial charge in [-0.1, -0.05) is 30.3 Å². The van der Waals surface area contributed by atoms with Crippen molar-refractivity contribution < 1.29 is 22.7 Å². The second kappa shape index (κ2) is 9.38. The first-order chi connectivity index (χ1) is 15.5. The van der Waals surface area contributed by atoms with Crippen LogP contribution in [0.5, 0.6) is 5.75 Å². The minimum absolute atomic E-state index is 0.000932. The molecule has 1 amide bonds. The summed E-state index contributed by atoms with van der Waals surface area (Å²) < 4.78 is 47.4. The number of hydrogen-bond acceptors (Lipinski definition) is 3. The van der Waals surface area contributed by atoms with Crippen LogP contribution in [-0.2, 0) is 13.2 Å². The Labute approximate surface area is 182 Å². The van der Waals surface area contributed by atoms with Crippen LogP contribution in [0.1, 0.15) is 21.5 Å². The summed E-state index contributed by atoms with van der Waals surface area (Å²) in [6, 6.07) is 17.7. The van der Waals surface area contributed by atoms with Crippen molar-refractivity contribution in [3.05, 3.63) is 113 Å². The van der Waals surface area contributed by atoms with E-state index in [9.17, 15) is 18.0 Å². The lowest BCUT2D eigenvalue weighted by atomic mass is 10.1. The van der Waals surface area contributed by atoms with E-state index in [1.54, 1.807) is 54.7 Å². The van der Waals surface area contributed by atoms with Gasteiger partial charge in [0.25, 0.3) is 5.91 Å². The van der Waals surface area contributed by atoms with E-state index in [2.05, 4.69) is 10.4 Å². The summed E-state index contributed by atoms with van der Waals surface area (Å²) in [5.74, 6) is -1.97. The highest BCUT2D eigenvalue weighted by atomic mass is 19.1. The maximum absolute atomic E-state index is 13.8. The number of benzene rings is 3. The number of nitrogens with one attached hydrogen (secondary N) is 1. The Morgan fingerprint density at radius 1 is 0.938 bits per heavy atom. The highest BCUT2D eigenvalue weighted by Crippen LogP contribution is 2.19. The molecule has 1 aromatic heterocycles. The predicted molar refractivity (Wildman–Crippen MR) is 113 cm³/mol. The van der Waals surface area contributed by atoms with Gasteiger partial charge in [-0.05, 0) is 35.9 Å². The second-order valence-corrected chi connectivity index (χ2v) is 7.01. The van der Waals surface area contributed by atoms with Crippen molar-refractivity contribution in [1.82, 2.24) is 9.78 Å². The molecule has 0 saturated heterocycles. The molecular formula is C24H18F3N3O2. The molecule has 0 aliphatic heterocycles. The molecule has 5 nitrogen and oxygen atoms in total. The lowest BCUT2D eigenvalue weighted by Crippen LogP contribution is -2.13. The lowest BCUT2D eigenvalue weighted by Gasteiger charge is -2.09. The van der Waals surface area contributed by atoms with Crippen LogP contribution < -0.4 is 10.1 Å². The zero-order valence-electron chi connectivity index (χ0n) is 16.8. The maximum atomic E-state index is 13.8. The zero-order chi connectivity index (χ0) is 22.5. The lowest BCUT2D eigenvalue weighted by molar-refractivity contribution is 0.102. The first-order valence-electron chi connectivity index (χ1n) is 9.73. The first-order valence-corrected chi connectivity index (χ1v) is 9.73. The van der Waals surface area contributed by atoms with Gasteiger partial charge in [0.15, 0.2) is 17.4 Å². The van der Waals surface area contributed by atoms with Gasteiger partial charge in [-0.2, -0.15) is 5.10 Å². The molecule has 1 N–H and O–H groups in total. The number of rotatable bonds is 7. The normalized spacial score (nSPS) is 10.7. The minimum atomic E-state index is -0.801. The van der Waals surface area contributed by atoms with Gasteiger partial charge in [-0.25, -0.2) is 13.2 Å². The molecule has 32 heavy (non-hydrogen) atoms. The quantitative estimate of drug-likeness (QED) is 0.434. The minimum Gasteiger partial charge on any atom is -0.486 e. The van der Waals surface area contributed by atoms with E-state index in [1.165, 1.54) is 16.8 Å². The fraction of sp³-hybridized carbons (Fsp3) is 0.0833. The van der Waals surface area contributed by atoms with E-state index in [0.717, 1.165) is 12.1 Å². The van der Waals surface area contributed by atoms with E-state index in [4.69, 9.17) is 4.74 Å². The van der Waals surface area contributed by atoms with Crippen LogP contribution in [0.2, 0.25) is 0 Å². The molecule has 8 heteroatoms. The molecule has 0 saturated carbocycles. The zero-order valence-corrected chi connectivity index (χ0v) is 16.8. The molecule has 0 bridgehead atoms. The van der Waals surface area contributed by atoms with Crippen molar-refractivity contribution in [2.75, 3.05) is 5.32 Å². The van der Waals surface area contributed by atoms with E-state index in [1.807, 2.05) is 0 Å². The van der Waals surface area contributed by atoms with Gasteiger partial charge in [0.1, 0.15) is 18.2 Å². The molecule has 1 heterocycles. The number of anilines is 1. The molecule has 0 fully saturated rings. The fourth-order valence-corrected chi connectivity index (χ4v) is 3.06. The van der Waals surface area contributed by atoms with Gasteiger partial charge in [0.05, 0.1) is 6.54 Å². The number of nitrogens with zero attached hydrogens (tertiary/aromatic N) is 2. The van der Waals surface area contributed by atoms with Gasteiger partial charge in [-0.3, -0.25) is 9.48 Å². The summed E-state index contributed by atoms with van der Waals surface area (Å²) in [6.45, 7) is 0.232. The van der Waals surface area contributed by atoms with E-state index in [0.29, 0.717) is 22.5 Å². The molecule has 0 radical (unpaired) electrons. The Morgan fingerprint density at radius 3 is 2.59 bits per heavy atom. The largest absolute Gasteiger partial charge is 0.486 e. The number of halogens is 3. The third-order valence-corrected chi connectivity index (χ3v) is 4.65. The van der Waals surface area contributed by atoms with Gasteiger partial charge in [0.2, 0.25) is 0 Å². The van der Waals surface area contributed by atoms with E-state index in [-0.39, 0.29) is 24.7 Å². The van der Waals surface area contributed by atoms with Crippen molar-refractivity contribution >= 4 is 11.7 Å². The van der Waals surface area contributed by atoms with Crippen LogP contribution in [-0.4, -0.2) is 15.7 Å². The molecule has 0 aliphatic rings. The number of ether oxygens (including phenoxy) is 1. The Morgan fingerprint density at radius 2 is 1.78 bits per heavy atom. The molecule has 0 aliphatic carbocycles. The number of aromatic nitrogens is 2. The van der Waals surface area contributed by atoms with Crippen LogP contribution >= 0.6 is 0 Å². The molecule has 4 aromatic rings.